The molecule has 0 saturated heterocycles. The van der Waals surface area contributed by atoms with E-state index in [-0.39, 0.29) is 12.4 Å². The van der Waals surface area contributed by atoms with Crippen molar-refractivity contribution in [2.45, 2.75) is 19.8 Å². The molecule has 0 aromatic heterocycles. The zero-order chi connectivity index (χ0) is 18.2. The maximum absolute atomic E-state index is 11.8. The standard InChI is InChI=1S/C19H22N2O4/c1-13(2)14-7-9-16(10-8-14)25-12-18(22)21-20-11-15-5-4-6-17(24-3)19(15)23/h4-11,13,23H,12H2,1-3H3,(H,21,22). The average Bonchev–Trinajstić information content (AvgIpc) is 2.61. The highest BCUT2D eigenvalue weighted by Gasteiger charge is 2.06. The monoisotopic (exact) mass is 342 g/mol. The van der Waals surface area contributed by atoms with E-state index < -0.39 is 5.91 Å². The number of ether oxygens (including phenoxy) is 2. The van der Waals surface area contributed by atoms with E-state index in [0.29, 0.717) is 23.0 Å². The van der Waals surface area contributed by atoms with Crippen LogP contribution in [0.5, 0.6) is 17.2 Å². The molecule has 2 rings (SSSR count). The number of methoxy groups -OCH3 is 1. The Morgan fingerprint density at radius 3 is 2.60 bits per heavy atom. The van der Waals surface area contributed by atoms with Gasteiger partial charge in [-0.2, -0.15) is 5.10 Å². The van der Waals surface area contributed by atoms with Crippen LogP contribution in [0.4, 0.5) is 0 Å². The molecular formula is C19H22N2O4. The average molecular weight is 342 g/mol. The number of para-hydroxylation sites is 1. The van der Waals surface area contributed by atoms with Gasteiger partial charge >= 0.3 is 0 Å². The Balaban J connectivity index is 1.84. The van der Waals surface area contributed by atoms with E-state index in [1.165, 1.54) is 18.9 Å². The van der Waals surface area contributed by atoms with Crippen LogP contribution in [0.3, 0.4) is 0 Å². The van der Waals surface area contributed by atoms with Crippen LogP contribution in [0.1, 0.15) is 30.9 Å². The maximum atomic E-state index is 11.8. The molecule has 6 heteroatoms. The van der Waals surface area contributed by atoms with Gasteiger partial charge in [0.2, 0.25) is 0 Å². The highest BCUT2D eigenvalue weighted by Crippen LogP contribution is 2.27. The predicted molar refractivity (Wildman–Crippen MR) is 96.4 cm³/mol. The lowest BCUT2D eigenvalue weighted by molar-refractivity contribution is -0.123. The number of phenols is 1. The Bertz CT molecular complexity index is 740. The van der Waals surface area contributed by atoms with Crippen molar-refractivity contribution in [3.8, 4) is 17.2 Å². The number of hydrazone groups is 1. The summed E-state index contributed by atoms with van der Waals surface area (Å²) in [6, 6.07) is 12.6. The number of rotatable bonds is 7. The molecule has 0 fully saturated rings. The zero-order valence-corrected chi connectivity index (χ0v) is 14.5. The first kappa shape index (κ1) is 18.3. The van der Waals surface area contributed by atoms with Crippen molar-refractivity contribution in [2.24, 2.45) is 5.10 Å². The Labute approximate surface area is 147 Å². The maximum Gasteiger partial charge on any atom is 0.277 e. The van der Waals surface area contributed by atoms with Gasteiger partial charge in [0.15, 0.2) is 18.1 Å². The molecule has 132 valence electrons. The molecule has 0 atom stereocenters. The second kappa shape index (κ2) is 8.73. The molecule has 0 unspecified atom stereocenters. The van der Waals surface area contributed by atoms with Crippen LogP contribution >= 0.6 is 0 Å². The van der Waals surface area contributed by atoms with Crippen molar-refractivity contribution < 1.29 is 19.4 Å². The number of nitrogens with one attached hydrogen (secondary N) is 1. The zero-order valence-electron chi connectivity index (χ0n) is 14.5. The largest absolute Gasteiger partial charge is 0.504 e. The van der Waals surface area contributed by atoms with E-state index in [9.17, 15) is 9.90 Å². The summed E-state index contributed by atoms with van der Waals surface area (Å²) in [4.78, 5) is 11.8. The highest BCUT2D eigenvalue weighted by molar-refractivity contribution is 5.86. The van der Waals surface area contributed by atoms with Crippen LogP contribution in [-0.4, -0.2) is 30.9 Å². The van der Waals surface area contributed by atoms with Gasteiger partial charge < -0.3 is 14.6 Å². The molecule has 0 heterocycles. The third-order valence-electron chi connectivity index (χ3n) is 3.56. The summed E-state index contributed by atoms with van der Waals surface area (Å²) in [6.07, 6.45) is 1.34. The molecule has 0 aliphatic heterocycles. The van der Waals surface area contributed by atoms with E-state index >= 15 is 0 Å². The number of benzene rings is 2. The molecule has 0 radical (unpaired) electrons. The number of hydrogen-bond acceptors (Lipinski definition) is 5. The third kappa shape index (κ3) is 5.24. The van der Waals surface area contributed by atoms with E-state index in [2.05, 4.69) is 24.4 Å². The topological polar surface area (TPSA) is 80.2 Å². The highest BCUT2D eigenvalue weighted by atomic mass is 16.5. The van der Waals surface area contributed by atoms with Gasteiger partial charge in [-0.15, -0.1) is 0 Å². The second-order valence-electron chi connectivity index (χ2n) is 5.70. The minimum absolute atomic E-state index is 0.0375. The van der Waals surface area contributed by atoms with Crippen LogP contribution in [0.25, 0.3) is 0 Å². The van der Waals surface area contributed by atoms with E-state index in [4.69, 9.17) is 9.47 Å². The quantitative estimate of drug-likeness (QED) is 0.599. The lowest BCUT2D eigenvalue weighted by Gasteiger charge is -2.08. The van der Waals surface area contributed by atoms with Gasteiger partial charge in [-0.1, -0.05) is 32.0 Å². The van der Waals surface area contributed by atoms with Crippen molar-refractivity contribution in [1.82, 2.24) is 5.43 Å². The normalized spacial score (nSPS) is 10.9. The van der Waals surface area contributed by atoms with Crippen molar-refractivity contribution in [2.75, 3.05) is 13.7 Å². The molecule has 0 spiro atoms. The Hall–Kier alpha value is -3.02. The number of carbonyl (C=O) groups excluding carboxylic acids is 1. The summed E-state index contributed by atoms with van der Waals surface area (Å²) in [7, 11) is 1.46. The molecule has 1 amide bonds. The molecule has 0 bridgehead atoms. The molecule has 2 aromatic rings. The molecule has 0 aliphatic carbocycles. The van der Waals surface area contributed by atoms with Crippen LogP contribution in [0.2, 0.25) is 0 Å². The number of aromatic hydroxyl groups is 1. The fraction of sp³-hybridized carbons (Fsp3) is 0.263. The lowest BCUT2D eigenvalue weighted by atomic mass is 10.0. The van der Waals surface area contributed by atoms with Gasteiger partial charge in [-0.25, -0.2) is 5.43 Å². The Kier molecular flexibility index (Phi) is 6.39. The number of amides is 1. The van der Waals surface area contributed by atoms with E-state index in [1.807, 2.05) is 24.3 Å². The number of carbonyl (C=O) groups is 1. The minimum Gasteiger partial charge on any atom is -0.504 e. The molecule has 0 saturated carbocycles. The second-order valence-corrected chi connectivity index (χ2v) is 5.70. The summed E-state index contributed by atoms with van der Waals surface area (Å²) < 4.78 is 10.4. The van der Waals surface area contributed by atoms with E-state index in [1.54, 1.807) is 18.2 Å². The van der Waals surface area contributed by atoms with Gasteiger partial charge in [-0.3, -0.25) is 4.79 Å². The minimum atomic E-state index is -0.397. The van der Waals surface area contributed by atoms with Crippen LogP contribution in [0, 0.1) is 0 Å². The van der Waals surface area contributed by atoms with Crippen molar-refractivity contribution in [3.05, 3.63) is 53.6 Å². The predicted octanol–water partition coefficient (Wildman–Crippen LogP) is 3.05. The summed E-state index contributed by atoms with van der Waals surface area (Å²) in [5.74, 6) is 0.966. The summed E-state index contributed by atoms with van der Waals surface area (Å²) in [5.41, 5.74) is 3.99. The van der Waals surface area contributed by atoms with Gasteiger partial charge in [0.05, 0.1) is 13.3 Å². The molecule has 2 aromatic carbocycles. The van der Waals surface area contributed by atoms with Crippen molar-refractivity contribution in [1.29, 1.82) is 0 Å². The number of nitrogens with zero attached hydrogens (tertiary/aromatic N) is 1. The number of hydrogen-bond donors (Lipinski definition) is 2. The fourth-order valence-electron chi connectivity index (χ4n) is 2.11. The Morgan fingerprint density at radius 2 is 1.96 bits per heavy atom. The summed E-state index contributed by atoms with van der Waals surface area (Å²) in [5, 5.41) is 13.7. The summed E-state index contributed by atoms with van der Waals surface area (Å²) in [6.45, 7) is 4.07. The van der Waals surface area contributed by atoms with Crippen LogP contribution in [0.15, 0.2) is 47.6 Å². The number of phenolic OH excluding ortho intramolecular Hbond substituents is 1. The fourth-order valence-corrected chi connectivity index (χ4v) is 2.11. The molecule has 2 N–H and O–H groups in total. The van der Waals surface area contributed by atoms with Crippen molar-refractivity contribution >= 4 is 12.1 Å². The smallest absolute Gasteiger partial charge is 0.277 e. The first-order valence-corrected chi connectivity index (χ1v) is 7.92. The van der Waals surface area contributed by atoms with Crippen molar-refractivity contribution in [3.63, 3.8) is 0 Å². The molecule has 0 aliphatic rings. The third-order valence-corrected chi connectivity index (χ3v) is 3.56. The lowest BCUT2D eigenvalue weighted by Crippen LogP contribution is -2.24. The van der Waals surface area contributed by atoms with Gasteiger partial charge in [0.25, 0.3) is 5.91 Å². The summed E-state index contributed by atoms with van der Waals surface area (Å²) >= 11 is 0. The van der Waals surface area contributed by atoms with Gasteiger partial charge in [-0.05, 0) is 35.7 Å². The Morgan fingerprint density at radius 1 is 1.24 bits per heavy atom. The molecule has 6 nitrogen and oxygen atoms in total. The van der Waals surface area contributed by atoms with E-state index in [0.717, 1.165) is 0 Å². The van der Waals surface area contributed by atoms with Gasteiger partial charge in [0.1, 0.15) is 5.75 Å². The first-order chi connectivity index (χ1) is 12.0. The van der Waals surface area contributed by atoms with Gasteiger partial charge in [0, 0.05) is 5.56 Å². The van der Waals surface area contributed by atoms with Crippen LogP contribution < -0.4 is 14.9 Å². The first-order valence-electron chi connectivity index (χ1n) is 7.92. The molecular weight excluding hydrogens is 320 g/mol. The van der Waals surface area contributed by atoms with Crippen LogP contribution in [-0.2, 0) is 4.79 Å². The SMILES string of the molecule is COc1cccc(C=NNC(=O)COc2ccc(C(C)C)cc2)c1O. The molecule has 25 heavy (non-hydrogen) atoms.